The average molecular weight is 380 g/mol. The predicted molar refractivity (Wildman–Crippen MR) is 86.5 cm³/mol. The lowest BCUT2D eigenvalue weighted by atomic mass is 9.98. The van der Waals surface area contributed by atoms with Gasteiger partial charge < -0.3 is 10.6 Å². The van der Waals surface area contributed by atoms with E-state index in [1.165, 1.54) is 0 Å². The molecule has 1 aliphatic carbocycles. The zero-order valence-corrected chi connectivity index (χ0v) is 14.0. The van der Waals surface area contributed by atoms with Crippen molar-refractivity contribution >= 4 is 45.8 Å². The number of hydrogen-bond acceptors (Lipinski definition) is 2. The van der Waals surface area contributed by atoms with Gasteiger partial charge in [0.2, 0.25) is 0 Å². The van der Waals surface area contributed by atoms with E-state index in [0.717, 1.165) is 30.4 Å². The Kier molecular flexibility index (Phi) is 5.00. The zero-order chi connectivity index (χ0) is 13.6. The summed E-state index contributed by atoms with van der Waals surface area (Å²) in [5.74, 6) is 1.06. The van der Waals surface area contributed by atoms with Crippen molar-refractivity contribution < 1.29 is 4.79 Å². The molecule has 1 aromatic rings. The summed E-state index contributed by atoms with van der Waals surface area (Å²) < 4.78 is 0.872. The van der Waals surface area contributed by atoms with Crippen LogP contribution < -0.4 is 5.73 Å². The van der Waals surface area contributed by atoms with E-state index in [4.69, 9.17) is 17.3 Å². The van der Waals surface area contributed by atoms with Crippen molar-refractivity contribution in [1.29, 1.82) is 0 Å². The third-order valence-corrected chi connectivity index (χ3v) is 5.18. The van der Waals surface area contributed by atoms with Gasteiger partial charge in [-0.25, -0.2) is 0 Å². The Morgan fingerprint density at radius 3 is 2.80 bits per heavy atom. The van der Waals surface area contributed by atoms with E-state index in [9.17, 15) is 4.79 Å². The number of fused-ring (bicyclic) bond motifs is 1. The van der Waals surface area contributed by atoms with Crippen LogP contribution in [0.2, 0.25) is 5.02 Å². The van der Waals surface area contributed by atoms with Crippen LogP contribution in [0.15, 0.2) is 22.7 Å². The fourth-order valence-electron chi connectivity index (χ4n) is 3.31. The molecule has 1 saturated heterocycles. The maximum atomic E-state index is 12.5. The van der Waals surface area contributed by atoms with Crippen LogP contribution in [0.4, 0.5) is 0 Å². The molecule has 0 bridgehead atoms. The van der Waals surface area contributed by atoms with Gasteiger partial charge in [-0.2, -0.15) is 0 Å². The first-order chi connectivity index (χ1) is 9.06. The Balaban J connectivity index is 0.00000147. The minimum absolute atomic E-state index is 0. The van der Waals surface area contributed by atoms with Crippen LogP contribution >= 0.6 is 39.9 Å². The molecule has 3 unspecified atom stereocenters. The van der Waals surface area contributed by atoms with Crippen molar-refractivity contribution in [2.45, 2.75) is 18.9 Å². The predicted octanol–water partition coefficient (Wildman–Crippen LogP) is 3.33. The standard InChI is InChI=1S/C14H16BrClN2O.ClH/c15-9-2-3-12(16)10(5-9)14(19)18-6-8-1-4-13(17)11(8)7-18;/h2-3,5,8,11,13H,1,4,6-7,17H2;1H. The maximum Gasteiger partial charge on any atom is 0.255 e. The van der Waals surface area contributed by atoms with Gasteiger partial charge in [0.05, 0.1) is 10.6 Å². The number of amides is 1. The van der Waals surface area contributed by atoms with E-state index >= 15 is 0 Å². The number of nitrogens with two attached hydrogens (primary N) is 1. The molecule has 1 aliphatic heterocycles. The summed E-state index contributed by atoms with van der Waals surface area (Å²) in [6.45, 7) is 1.59. The van der Waals surface area contributed by atoms with Gasteiger partial charge in [-0.1, -0.05) is 27.5 Å². The van der Waals surface area contributed by atoms with Crippen LogP contribution in [0.25, 0.3) is 0 Å². The highest BCUT2D eigenvalue weighted by Gasteiger charge is 2.42. The largest absolute Gasteiger partial charge is 0.338 e. The Morgan fingerprint density at radius 2 is 2.10 bits per heavy atom. The highest BCUT2D eigenvalue weighted by atomic mass is 79.9. The fraction of sp³-hybridized carbons (Fsp3) is 0.500. The maximum absolute atomic E-state index is 12.5. The third kappa shape index (κ3) is 2.84. The first-order valence-corrected chi connectivity index (χ1v) is 7.73. The number of hydrogen-bond donors (Lipinski definition) is 1. The van der Waals surface area contributed by atoms with Gasteiger partial charge in [0.15, 0.2) is 0 Å². The number of rotatable bonds is 1. The number of carbonyl (C=O) groups excluding carboxylic acids is 1. The first kappa shape index (κ1) is 16.1. The van der Waals surface area contributed by atoms with Gasteiger partial charge in [0.25, 0.3) is 5.91 Å². The van der Waals surface area contributed by atoms with Crippen LogP contribution in [0.5, 0.6) is 0 Å². The molecule has 3 nitrogen and oxygen atoms in total. The van der Waals surface area contributed by atoms with E-state index < -0.39 is 0 Å². The van der Waals surface area contributed by atoms with Crippen molar-refractivity contribution in [3.05, 3.63) is 33.3 Å². The van der Waals surface area contributed by atoms with Crippen molar-refractivity contribution in [2.75, 3.05) is 13.1 Å². The second kappa shape index (κ2) is 6.22. The Labute approximate surface area is 138 Å². The molecule has 1 saturated carbocycles. The van der Waals surface area contributed by atoms with E-state index in [-0.39, 0.29) is 24.4 Å². The average Bonchev–Trinajstić information content (AvgIpc) is 2.94. The number of benzene rings is 1. The Morgan fingerprint density at radius 1 is 1.35 bits per heavy atom. The van der Waals surface area contributed by atoms with Crippen LogP contribution in [-0.4, -0.2) is 29.9 Å². The minimum atomic E-state index is 0. The van der Waals surface area contributed by atoms with Gasteiger partial charge in [0, 0.05) is 23.6 Å². The van der Waals surface area contributed by atoms with Gasteiger partial charge in [-0.05, 0) is 42.9 Å². The highest BCUT2D eigenvalue weighted by Crippen LogP contribution is 2.38. The van der Waals surface area contributed by atoms with Crippen LogP contribution in [0.3, 0.4) is 0 Å². The number of halogens is 3. The summed E-state index contributed by atoms with van der Waals surface area (Å²) in [4.78, 5) is 14.4. The topological polar surface area (TPSA) is 46.3 Å². The van der Waals surface area contributed by atoms with Crippen molar-refractivity contribution in [3.8, 4) is 0 Å². The van der Waals surface area contributed by atoms with E-state index in [1.807, 2.05) is 11.0 Å². The molecular weight excluding hydrogens is 363 g/mol. The molecular formula is C14H17BrCl2N2O. The Hall–Kier alpha value is -0.290. The molecule has 2 fully saturated rings. The monoisotopic (exact) mass is 378 g/mol. The molecule has 2 N–H and O–H groups in total. The zero-order valence-electron chi connectivity index (χ0n) is 10.9. The summed E-state index contributed by atoms with van der Waals surface area (Å²) in [6, 6.07) is 5.63. The van der Waals surface area contributed by atoms with Gasteiger partial charge in [0.1, 0.15) is 0 Å². The quantitative estimate of drug-likeness (QED) is 0.813. The first-order valence-electron chi connectivity index (χ1n) is 6.56. The van der Waals surface area contributed by atoms with Crippen molar-refractivity contribution in [3.63, 3.8) is 0 Å². The normalized spacial score (nSPS) is 28.1. The lowest BCUT2D eigenvalue weighted by Gasteiger charge is -2.19. The van der Waals surface area contributed by atoms with E-state index in [0.29, 0.717) is 22.4 Å². The van der Waals surface area contributed by atoms with Crippen LogP contribution in [0.1, 0.15) is 23.2 Å². The summed E-state index contributed by atoms with van der Waals surface area (Å²) >= 11 is 9.51. The fourth-order valence-corrected chi connectivity index (χ4v) is 3.86. The molecule has 1 heterocycles. The molecule has 0 radical (unpaired) electrons. The summed E-state index contributed by atoms with van der Waals surface area (Å²) in [7, 11) is 0. The molecule has 0 spiro atoms. The van der Waals surface area contributed by atoms with Crippen molar-refractivity contribution in [1.82, 2.24) is 4.90 Å². The summed E-state index contributed by atoms with van der Waals surface area (Å²) in [5, 5.41) is 0.509. The van der Waals surface area contributed by atoms with Crippen LogP contribution in [0, 0.1) is 11.8 Å². The van der Waals surface area contributed by atoms with Gasteiger partial charge in [-0.15, -0.1) is 12.4 Å². The molecule has 3 atom stereocenters. The summed E-state index contributed by atoms with van der Waals surface area (Å²) in [6.07, 6.45) is 2.23. The van der Waals surface area contributed by atoms with E-state index in [2.05, 4.69) is 15.9 Å². The molecule has 6 heteroatoms. The molecule has 20 heavy (non-hydrogen) atoms. The lowest BCUT2D eigenvalue weighted by molar-refractivity contribution is 0.0779. The highest BCUT2D eigenvalue weighted by molar-refractivity contribution is 9.10. The molecule has 2 aliphatic rings. The minimum Gasteiger partial charge on any atom is -0.338 e. The molecule has 110 valence electrons. The number of carbonyl (C=O) groups is 1. The van der Waals surface area contributed by atoms with E-state index in [1.54, 1.807) is 12.1 Å². The summed E-state index contributed by atoms with van der Waals surface area (Å²) in [5.41, 5.74) is 6.68. The second-order valence-electron chi connectivity index (χ2n) is 5.50. The molecule has 0 aromatic heterocycles. The number of nitrogens with zero attached hydrogens (tertiary/aromatic N) is 1. The SMILES string of the molecule is Cl.NC1CCC2CN(C(=O)c3cc(Br)ccc3Cl)CC12. The lowest BCUT2D eigenvalue weighted by Crippen LogP contribution is -2.33. The van der Waals surface area contributed by atoms with Gasteiger partial charge >= 0.3 is 0 Å². The third-order valence-electron chi connectivity index (χ3n) is 4.36. The van der Waals surface area contributed by atoms with Gasteiger partial charge in [-0.3, -0.25) is 4.79 Å². The molecule has 1 aromatic carbocycles. The molecule has 3 rings (SSSR count). The smallest absolute Gasteiger partial charge is 0.255 e. The van der Waals surface area contributed by atoms with Crippen molar-refractivity contribution in [2.24, 2.45) is 17.6 Å². The Bertz CT molecular complexity index is 526. The number of likely N-dealkylation sites (tertiary alicyclic amines) is 1. The van der Waals surface area contributed by atoms with Crippen LogP contribution in [-0.2, 0) is 0 Å². The second-order valence-corrected chi connectivity index (χ2v) is 6.82. The molecule has 1 amide bonds.